The molecule has 0 radical (unpaired) electrons. The van der Waals surface area contributed by atoms with Crippen LogP contribution in [0, 0.1) is 6.92 Å². The lowest BCUT2D eigenvalue weighted by molar-refractivity contribution is 0.424. The molecule has 1 aromatic carbocycles. The van der Waals surface area contributed by atoms with Gasteiger partial charge in [0.15, 0.2) is 0 Å². The van der Waals surface area contributed by atoms with Crippen molar-refractivity contribution in [3.63, 3.8) is 0 Å². The van der Waals surface area contributed by atoms with Gasteiger partial charge in [0.2, 0.25) is 0 Å². The van der Waals surface area contributed by atoms with Crippen molar-refractivity contribution in [2.45, 2.75) is 26.3 Å². The van der Waals surface area contributed by atoms with Gasteiger partial charge in [0.25, 0.3) is 0 Å². The molecule has 0 aliphatic rings. The maximum absolute atomic E-state index is 6.18. The van der Waals surface area contributed by atoms with E-state index in [1.54, 1.807) is 0 Å². The number of nitrogens with zero attached hydrogens (tertiary/aromatic N) is 2. The molecule has 3 nitrogen and oxygen atoms in total. The van der Waals surface area contributed by atoms with Crippen molar-refractivity contribution in [3.05, 3.63) is 47.0 Å². The molecule has 1 N–H and O–H groups in total. The van der Waals surface area contributed by atoms with Crippen LogP contribution in [0.15, 0.2) is 30.7 Å². The van der Waals surface area contributed by atoms with Gasteiger partial charge in [-0.05, 0) is 45.5 Å². The molecule has 2 aromatic rings. The molecule has 0 saturated heterocycles. The van der Waals surface area contributed by atoms with Gasteiger partial charge in [0, 0.05) is 5.02 Å². The zero-order chi connectivity index (χ0) is 13.3. The predicted octanol–water partition coefficient (Wildman–Crippen LogP) is 3.29. The van der Waals surface area contributed by atoms with Crippen LogP contribution < -0.4 is 5.32 Å². The predicted molar refractivity (Wildman–Crippen MR) is 75.4 cm³/mol. The molecule has 4 heteroatoms. The van der Waals surface area contributed by atoms with Crippen LogP contribution in [0.25, 0.3) is 5.69 Å². The molecule has 18 heavy (non-hydrogen) atoms. The van der Waals surface area contributed by atoms with Gasteiger partial charge in [0.05, 0.1) is 29.4 Å². The lowest BCUT2D eigenvalue weighted by Crippen LogP contribution is -2.35. The van der Waals surface area contributed by atoms with Crippen molar-refractivity contribution in [2.75, 3.05) is 7.05 Å². The van der Waals surface area contributed by atoms with Gasteiger partial charge < -0.3 is 9.88 Å². The summed E-state index contributed by atoms with van der Waals surface area (Å²) in [4.78, 5) is 4.26. The van der Waals surface area contributed by atoms with Crippen LogP contribution in [0.5, 0.6) is 0 Å². The lowest BCUT2D eigenvalue weighted by Gasteiger charge is -2.26. The Hall–Kier alpha value is -1.32. The maximum atomic E-state index is 6.18. The highest BCUT2D eigenvalue weighted by Crippen LogP contribution is 2.27. The summed E-state index contributed by atoms with van der Waals surface area (Å²) in [7, 11) is 1.95. The SMILES string of the molecule is CNC(C)(C)c1cncn1-c1cccc(Cl)c1C. The summed E-state index contributed by atoms with van der Waals surface area (Å²) in [6.45, 7) is 6.27. The Morgan fingerprint density at radius 1 is 1.33 bits per heavy atom. The van der Waals surface area contributed by atoms with E-state index < -0.39 is 0 Å². The van der Waals surface area contributed by atoms with Gasteiger partial charge in [-0.2, -0.15) is 0 Å². The van der Waals surface area contributed by atoms with E-state index in [0.29, 0.717) is 0 Å². The molecule has 0 amide bonds. The number of aromatic nitrogens is 2. The molecule has 0 bridgehead atoms. The number of benzene rings is 1. The first-order chi connectivity index (χ1) is 8.47. The first-order valence-electron chi connectivity index (χ1n) is 5.94. The molecule has 0 atom stereocenters. The van der Waals surface area contributed by atoms with Crippen molar-refractivity contribution in [1.29, 1.82) is 0 Å². The first-order valence-corrected chi connectivity index (χ1v) is 6.32. The molecule has 96 valence electrons. The Morgan fingerprint density at radius 2 is 2.06 bits per heavy atom. The Labute approximate surface area is 113 Å². The third-order valence-electron chi connectivity index (χ3n) is 3.40. The van der Waals surface area contributed by atoms with Gasteiger partial charge in [-0.25, -0.2) is 4.98 Å². The fourth-order valence-corrected chi connectivity index (χ4v) is 2.10. The average Bonchev–Trinajstić information content (AvgIpc) is 2.82. The van der Waals surface area contributed by atoms with Crippen LogP contribution in [0.1, 0.15) is 25.1 Å². The Balaban J connectivity index is 2.60. The number of halogens is 1. The van der Waals surface area contributed by atoms with Crippen molar-refractivity contribution in [2.24, 2.45) is 0 Å². The monoisotopic (exact) mass is 263 g/mol. The van der Waals surface area contributed by atoms with Crippen LogP contribution in [-0.2, 0) is 5.54 Å². The molecular weight excluding hydrogens is 246 g/mol. The molecule has 2 rings (SSSR count). The van der Waals surface area contributed by atoms with E-state index in [9.17, 15) is 0 Å². The van der Waals surface area contributed by atoms with Crippen LogP contribution in [0.3, 0.4) is 0 Å². The van der Waals surface area contributed by atoms with E-state index in [1.807, 2.05) is 38.6 Å². The number of hydrogen-bond donors (Lipinski definition) is 1. The molecule has 0 fully saturated rings. The normalized spacial score (nSPS) is 11.8. The van der Waals surface area contributed by atoms with Crippen LogP contribution in [0.2, 0.25) is 5.02 Å². The van der Waals surface area contributed by atoms with E-state index in [1.165, 1.54) is 0 Å². The topological polar surface area (TPSA) is 29.9 Å². The zero-order valence-electron chi connectivity index (χ0n) is 11.2. The molecule has 0 spiro atoms. The Morgan fingerprint density at radius 3 is 2.72 bits per heavy atom. The standard InChI is InChI=1S/C14H18ClN3/c1-10-11(15)6-5-7-12(10)18-9-17-8-13(18)14(2,3)16-4/h5-9,16H,1-4H3. The minimum absolute atomic E-state index is 0.148. The fraction of sp³-hybridized carbons (Fsp3) is 0.357. The summed E-state index contributed by atoms with van der Waals surface area (Å²) >= 11 is 6.18. The summed E-state index contributed by atoms with van der Waals surface area (Å²) in [6.07, 6.45) is 3.71. The largest absolute Gasteiger partial charge is 0.310 e. The van der Waals surface area contributed by atoms with Gasteiger partial charge in [-0.3, -0.25) is 0 Å². The van der Waals surface area contributed by atoms with Gasteiger partial charge in [-0.1, -0.05) is 17.7 Å². The molecule has 0 saturated carbocycles. The van der Waals surface area contributed by atoms with E-state index in [-0.39, 0.29) is 5.54 Å². The number of hydrogen-bond acceptors (Lipinski definition) is 2. The van der Waals surface area contributed by atoms with E-state index >= 15 is 0 Å². The number of imidazole rings is 1. The fourth-order valence-electron chi connectivity index (χ4n) is 1.93. The van der Waals surface area contributed by atoms with Gasteiger partial charge in [0.1, 0.15) is 0 Å². The zero-order valence-corrected chi connectivity index (χ0v) is 11.9. The second-order valence-corrected chi connectivity index (χ2v) is 5.32. The summed E-state index contributed by atoms with van der Waals surface area (Å²) < 4.78 is 2.08. The summed E-state index contributed by atoms with van der Waals surface area (Å²) in [5.74, 6) is 0. The summed E-state index contributed by atoms with van der Waals surface area (Å²) in [5, 5.41) is 4.07. The third kappa shape index (κ3) is 2.16. The second-order valence-electron chi connectivity index (χ2n) is 4.91. The van der Waals surface area contributed by atoms with Gasteiger partial charge >= 0.3 is 0 Å². The first kappa shape index (κ1) is 13.1. The molecule has 0 aliphatic heterocycles. The van der Waals surface area contributed by atoms with Crippen LogP contribution in [-0.4, -0.2) is 16.6 Å². The van der Waals surface area contributed by atoms with Crippen LogP contribution in [0.4, 0.5) is 0 Å². The smallest absolute Gasteiger partial charge is 0.0994 e. The Bertz CT molecular complexity index is 558. The number of nitrogens with one attached hydrogen (secondary N) is 1. The lowest BCUT2D eigenvalue weighted by atomic mass is 10.0. The summed E-state index contributed by atoms with van der Waals surface area (Å²) in [6, 6.07) is 5.92. The van der Waals surface area contributed by atoms with Crippen molar-refractivity contribution >= 4 is 11.6 Å². The highest BCUT2D eigenvalue weighted by atomic mass is 35.5. The Kier molecular flexibility index (Phi) is 3.46. The second kappa shape index (κ2) is 4.75. The molecular formula is C14H18ClN3. The van der Waals surface area contributed by atoms with Crippen LogP contribution >= 0.6 is 11.6 Å². The summed E-state index contributed by atoms with van der Waals surface area (Å²) in [5.41, 5.74) is 3.09. The van der Waals surface area contributed by atoms with E-state index in [4.69, 9.17) is 11.6 Å². The van der Waals surface area contributed by atoms with Gasteiger partial charge in [-0.15, -0.1) is 0 Å². The molecule has 0 unspecified atom stereocenters. The van der Waals surface area contributed by atoms with Crippen molar-refractivity contribution in [1.82, 2.24) is 14.9 Å². The van der Waals surface area contributed by atoms with Crippen molar-refractivity contribution < 1.29 is 0 Å². The highest BCUT2D eigenvalue weighted by molar-refractivity contribution is 6.31. The minimum atomic E-state index is -0.148. The van der Waals surface area contributed by atoms with Crippen molar-refractivity contribution in [3.8, 4) is 5.69 Å². The number of rotatable bonds is 3. The van der Waals surface area contributed by atoms with E-state index in [2.05, 4.69) is 34.8 Å². The molecule has 1 heterocycles. The third-order valence-corrected chi connectivity index (χ3v) is 3.81. The average molecular weight is 264 g/mol. The molecule has 1 aromatic heterocycles. The molecule has 0 aliphatic carbocycles. The quantitative estimate of drug-likeness (QED) is 0.921. The maximum Gasteiger partial charge on any atom is 0.0994 e. The van der Waals surface area contributed by atoms with E-state index in [0.717, 1.165) is 22.0 Å². The highest BCUT2D eigenvalue weighted by Gasteiger charge is 2.23. The minimum Gasteiger partial charge on any atom is -0.310 e.